The van der Waals surface area contributed by atoms with Gasteiger partial charge in [0.1, 0.15) is 23.6 Å². The minimum atomic E-state index is -0.764. The highest BCUT2D eigenvalue weighted by Gasteiger charge is 2.52. The quantitative estimate of drug-likeness (QED) is 0.394. The number of carbonyl (C=O) groups excluding carboxylic acids is 4. The van der Waals surface area contributed by atoms with Crippen molar-refractivity contribution in [2.75, 3.05) is 13.1 Å². The van der Waals surface area contributed by atoms with Gasteiger partial charge in [-0.1, -0.05) is 74.6 Å². The van der Waals surface area contributed by atoms with Gasteiger partial charge >= 0.3 is 0 Å². The Morgan fingerprint density at radius 2 is 1.47 bits per heavy atom. The number of benzene rings is 3. The first kappa shape index (κ1) is 28.6. The highest BCUT2D eigenvalue weighted by Crippen LogP contribution is 2.33. The van der Waals surface area contributed by atoms with Gasteiger partial charge in [-0.15, -0.1) is 0 Å². The molecule has 3 aromatic carbocycles. The Labute approximate surface area is 252 Å². The molecule has 3 aliphatic rings. The van der Waals surface area contributed by atoms with Crippen molar-refractivity contribution in [3.05, 3.63) is 96.1 Å². The van der Waals surface area contributed by atoms with Gasteiger partial charge in [0.25, 0.3) is 11.8 Å². The molecule has 3 fully saturated rings. The summed E-state index contributed by atoms with van der Waals surface area (Å²) >= 11 is 0. The van der Waals surface area contributed by atoms with Gasteiger partial charge in [-0.2, -0.15) is 0 Å². The van der Waals surface area contributed by atoms with Gasteiger partial charge < -0.3 is 19.9 Å². The van der Waals surface area contributed by atoms with E-state index in [0.717, 1.165) is 25.7 Å². The summed E-state index contributed by atoms with van der Waals surface area (Å²) in [6.07, 6.45) is 6.51. The van der Waals surface area contributed by atoms with Gasteiger partial charge in [0.05, 0.1) is 12.6 Å². The zero-order valence-corrected chi connectivity index (χ0v) is 24.2. The van der Waals surface area contributed by atoms with Crippen molar-refractivity contribution in [1.82, 2.24) is 15.1 Å². The molecule has 8 heteroatoms. The van der Waals surface area contributed by atoms with Crippen LogP contribution in [0, 0.1) is 5.92 Å². The van der Waals surface area contributed by atoms with Crippen LogP contribution in [0.3, 0.4) is 0 Å². The molecule has 2 aliphatic heterocycles. The first-order chi connectivity index (χ1) is 21.0. The van der Waals surface area contributed by atoms with Crippen molar-refractivity contribution in [2.24, 2.45) is 5.92 Å². The SMILES string of the molecule is O=C(N[C@@H](CC1CCCCC1)C(=O)N1CCC2[C@H]1C(=O)CN2C(=O)c1ccccc1)c1cccc(Oc2ccccc2)c1. The van der Waals surface area contributed by atoms with Gasteiger partial charge in [-0.25, -0.2) is 0 Å². The number of nitrogens with one attached hydrogen (secondary N) is 1. The third-order valence-electron chi connectivity index (χ3n) is 8.96. The maximum absolute atomic E-state index is 14.2. The number of ketones is 1. The van der Waals surface area contributed by atoms with Gasteiger partial charge in [0.15, 0.2) is 5.78 Å². The van der Waals surface area contributed by atoms with E-state index in [-0.39, 0.29) is 36.1 Å². The zero-order chi connectivity index (χ0) is 29.8. The molecule has 6 rings (SSSR count). The first-order valence-corrected chi connectivity index (χ1v) is 15.3. The lowest BCUT2D eigenvalue weighted by Crippen LogP contribution is -2.53. The van der Waals surface area contributed by atoms with Crippen molar-refractivity contribution < 1.29 is 23.9 Å². The van der Waals surface area contributed by atoms with Gasteiger partial charge in [0.2, 0.25) is 5.91 Å². The lowest BCUT2D eigenvalue weighted by molar-refractivity contribution is -0.138. The van der Waals surface area contributed by atoms with E-state index >= 15 is 0 Å². The monoisotopic (exact) mass is 579 g/mol. The summed E-state index contributed by atoms with van der Waals surface area (Å²) in [6, 6.07) is 23.4. The number of carbonyl (C=O) groups is 4. The molecule has 1 unspecified atom stereocenters. The molecule has 1 saturated carbocycles. The molecule has 2 saturated heterocycles. The summed E-state index contributed by atoms with van der Waals surface area (Å²) in [6.45, 7) is 0.358. The second-order valence-corrected chi connectivity index (χ2v) is 11.8. The Bertz CT molecular complexity index is 1470. The topological polar surface area (TPSA) is 96.0 Å². The summed E-state index contributed by atoms with van der Waals surface area (Å²) in [4.78, 5) is 57.5. The molecular weight excluding hydrogens is 542 g/mol. The fourth-order valence-corrected chi connectivity index (χ4v) is 6.83. The number of amides is 3. The molecule has 222 valence electrons. The summed E-state index contributed by atoms with van der Waals surface area (Å²) in [7, 11) is 0. The average molecular weight is 580 g/mol. The third kappa shape index (κ3) is 6.33. The van der Waals surface area contributed by atoms with Crippen molar-refractivity contribution in [2.45, 2.75) is 63.1 Å². The van der Waals surface area contributed by atoms with Crippen LogP contribution in [-0.4, -0.2) is 64.5 Å². The molecule has 0 radical (unpaired) electrons. The van der Waals surface area contributed by atoms with Crippen LogP contribution < -0.4 is 10.1 Å². The Balaban J connectivity index is 1.19. The first-order valence-electron chi connectivity index (χ1n) is 15.3. The van der Waals surface area contributed by atoms with Crippen LogP contribution in [0.2, 0.25) is 0 Å². The maximum atomic E-state index is 14.2. The maximum Gasteiger partial charge on any atom is 0.254 e. The standard InChI is InChI=1S/C35H37N3O5/c39-31-23-38(34(41)25-13-6-2-7-14-25)30-19-20-37(32(30)31)35(42)29(21-24-11-4-1-5-12-24)36-33(40)26-15-10-18-28(22-26)43-27-16-8-3-9-17-27/h2-3,6-10,13-18,22,24,29-30,32H,1,4-5,11-12,19-21,23H2,(H,36,40)/t29-,30?,32-/m0/s1. The molecule has 8 nitrogen and oxygen atoms in total. The molecule has 3 aromatic rings. The highest BCUT2D eigenvalue weighted by molar-refractivity contribution is 6.03. The Morgan fingerprint density at radius 3 is 2.21 bits per heavy atom. The largest absolute Gasteiger partial charge is 0.457 e. The number of nitrogens with zero attached hydrogens (tertiary/aromatic N) is 2. The van der Waals surface area contributed by atoms with E-state index in [1.807, 2.05) is 36.4 Å². The van der Waals surface area contributed by atoms with Crippen LogP contribution in [0.5, 0.6) is 11.5 Å². The minimum absolute atomic E-state index is 0.0132. The summed E-state index contributed by atoms with van der Waals surface area (Å²) in [5.41, 5.74) is 0.924. The number of para-hydroxylation sites is 1. The number of Topliss-reactive ketones (excluding diaryl/α,β-unsaturated/α-hetero) is 1. The molecule has 3 amide bonds. The van der Waals surface area contributed by atoms with E-state index in [2.05, 4.69) is 5.32 Å². The lowest BCUT2D eigenvalue weighted by atomic mass is 9.84. The van der Waals surface area contributed by atoms with Crippen LogP contribution in [0.25, 0.3) is 0 Å². The smallest absolute Gasteiger partial charge is 0.254 e. The molecule has 2 heterocycles. The van der Waals surface area contributed by atoms with Gasteiger partial charge in [-0.05, 0) is 61.2 Å². The Morgan fingerprint density at radius 1 is 0.791 bits per heavy atom. The molecule has 3 atom stereocenters. The second-order valence-electron chi connectivity index (χ2n) is 11.8. The lowest BCUT2D eigenvalue weighted by Gasteiger charge is -2.31. The van der Waals surface area contributed by atoms with Crippen molar-refractivity contribution in [1.29, 1.82) is 0 Å². The van der Waals surface area contributed by atoms with E-state index in [4.69, 9.17) is 4.74 Å². The summed E-state index contributed by atoms with van der Waals surface area (Å²) in [5.74, 6) is 0.581. The van der Waals surface area contributed by atoms with E-state index in [1.165, 1.54) is 6.42 Å². The third-order valence-corrected chi connectivity index (χ3v) is 8.96. The predicted octanol–water partition coefficient (Wildman–Crippen LogP) is 5.24. The highest BCUT2D eigenvalue weighted by atomic mass is 16.5. The molecular formula is C35H37N3O5. The second kappa shape index (κ2) is 12.8. The predicted molar refractivity (Wildman–Crippen MR) is 162 cm³/mol. The van der Waals surface area contributed by atoms with Gasteiger partial charge in [0, 0.05) is 17.7 Å². The molecule has 0 bridgehead atoms. The minimum Gasteiger partial charge on any atom is -0.457 e. The number of fused-ring (bicyclic) bond motifs is 1. The molecule has 43 heavy (non-hydrogen) atoms. The number of hydrogen-bond acceptors (Lipinski definition) is 5. The van der Waals surface area contributed by atoms with Crippen LogP contribution in [0.15, 0.2) is 84.9 Å². The normalized spacial score (nSPS) is 20.9. The van der Waals surface area contributed by atoms with Gasteiger partial charge in [-0.3, -0.25) is 19.2 Å². The number of rotatable bonds is 8. The molecule has 0 spiro atoms. The molecule has 0 aromatic heterocycles. The fraction of sp³-hybridized carbons (Fsp3) is 0.371. The fourth-order valence-electron chi connectivity index (χ4n) is 6.83. The summed E-state index contributed by atoms with van der Waals surface area (Å²) in [5, 5.41) is 3.03. The molecule has 1 N–H and O–H groups in total. The van der Waals surface area contributed by atoms with Crippen LogP contribution >= 0.6 is 0 Å². The van der Waals surface area contributed by atoms with Crippen molar-refractivity contribution in [3.8, 4) is 11.5 Å². The summed E-state index contributed by atoms with van der Waals surface area (Å²) < 4.78 is 5.92. The van der Waals surface area contributed by atoms with Crippen molar-refractivity contribution in [3.63, 3.8) is 0 Å². The average Bonchev–Trinajstić information content (AvgIpc) is 3.63. The van der Waals surface area contributed by atoms with Crippen LogP contribution in [0.4, 0.5) is 0 Å². The number of ether oxygens (including phenoxy) is 1. The van der Waals surface area contributed by atoms with E-state index < -0.39 is 12.1 Å². The number of likely N-dealkylation sites (tertiary alicyclic amines) is 2. The Hall–Kier alpha value is -4.46. The van der Waals surface area contributed by atoms with E-state index in [9.17, 15) is 19.2 Å². The molecule has 1 aliphatic carbocycles. The van der Waals surface area contributed by atoms with Crippen molar-refractivity contribution >= 4 is 23.5 Å². The number of hydrogen-bond donors (Lipinski definition) is 1. The van der Waals surface area contributed by atoms with Crippen LogP contribution in [-0.2, 0) is 9.59 Å². The van der Waals surface area contributed by atoms with E-state index in [1.54, 1.807) is 58.3 Å². The van der Waals surface area contributed by atoms with E-state index in [0.29, 0.717) is 47.9 Å². The Kier molecular flexibility index (Phi) is 8.54. The van der Waals surface area contributed by atoms with Crippen LogP contribution in [0.1, 0.15) is 65.7 Å². The zero-order valence-electron chi connectivity index (χ0n) is 24.2.